The van der Waals surface area contributed by atoms with Crippen LogP contribution in [-0.2, 0) is 4.74 Å². The van der Waals surface area contributed by atoms with E-state index in [2.05, 4.69) is 27.6 Å². The number of hydrogen-bond acceptors (Lipinski definition) is 6. The fourth-order valence-corrected chi connectivity index (χ4v) is 2.10. The van der Waals surface area contributed by atoms with Crippen molar-refractivity contribution in [2.75, 3.05) is 30.5 Å². The van der Waals surface area contributed by atoms with E-state index in [9.17, 15) is 0 Å². The van der Waals surface area contributed by atoms with Crippen molar-refractivity contribution in [3.05, 3.63) is 11.4 Å². The fraction of sp³-hybridized carbons (Fsp3) is 0.733. The van der Waals surface area contributed by atoms with E-state index in [4.69, 9.17) is 10.6 Å². The molecule has 1 fully saturated rings. The first-order valence-corrected chi connectivity index (χ1v) is 7.93. The van der Waals surface area contributed by atoms with Crippen LogP contribution in [0.5, 0.6) is 0 Å². The lowest BCUT2D eigenvalue weighted by molar-refractivity contribution is 0.131. The normalized spacial score (nSPS) is 14.2. The van der Waals surface area contributed by atoms with E-state index in [-0.39, 0.29) is 0 Å². The molecule has 0 unspecified atom stereocenters. The van der Waals surface area contributed by atoms with Crippen LogP contribution in [0.1, 0.15) is 56.3 Å². The fourth-order valence-electron chi connectivity index (χ4n) is 2.10. The lowest BCUT2D eigenvalue weighted by Crippen LogP contribution is -2.15. The van der Waals surface area contributed by atoms with E-state index in [0.29, 0.717) is 11.7 Å². The van der Waals surface area contributed by atoms with Crippen molar-refractivity contribution in [3.8, 4) is 0 Å². The van der Waals surface area contributed by atoms with Crippen molar-refractivity contribution in [2.24, 2.45) is 5.84 Å². The smallest absolute Gasteiger partial charge is 0.148 e. The van der Waals surface area contributed by atoms with Crippen molar-refractivity contribution in [1.29, 1.82) is 0 Å². The average Bonchev–Trinajstić information content (AvgIpc) is 3.32. The van der Waals surface area contributed by atoms with E-state index in [1.807, 2.05) is 6.92 Å². The molecular weight excluding hydrogens is 266 g/mol. The molecule has 0 aliphatic heterocycles. The minimum absolute atomic E-state index is 0.510. The highest BCUT2D eigenvalue weighted by atomic mass is 16.5. The minimum Gasteiger partial charge on any atom is -0.381 e. The van der Waals surface area contributed by atoms with E-state index in [0.717, 1.165) is 49.8 Å². The molecule has 21 heavy (non-hydrogen) atoms. The topological polar surface area (TPSA) is 85.1 Å². The lowest BCUT2D eigenvalue weighted by Gasteiger charge is -2.13. The Hall–Kier alpha value is -1.40. The summed E-state index contributed by atoms with van der Waals surface area (Å²) in [6.07, 6.45) is 5.64. The Morgan fingerprint density at radius 2 is 1.90 bits per heavy atom. The minimum atomic E-state index is 0.510. The van der Waals surface area contributed by atoms with Crippen LogP contribution in [0.25, 0.3) is 0 Å². The van der Waals surface area contributed by atoms with Crippen LogP contribution in [-0.4, -0.2) is 29.7 Å². The number of anilines is 2. The monoisotopic (exact) mass is 293 g/mol. The number of nitrogens with two attached hydrogens (primary N) is 1. The Bertz CT molecular complexity index is 448. The van der Waals surface area contributed by atoms with Gasteiger partial charge in [-0.3, -0.25) is 0 Å². The number of hydrazine groups is 1. The van der Waals surface area contributed by atoms with Gasteiger partial charge in [-0.1, -0.05) is 13.3 Å². The lowest BCUT2D eigenvalue weighted by atomic mass is 10.2. The summed E-state index contributed by atoms with van der Waals surface area (Å²) in [6, 6.07) is 0. The number of nitrogens with one attached hydrogen (secondary N) is 2. The Balaban J connectivity index is 1.82. The van der Waals surface area contributed by atoms with Crippen molar-refractivity contribution in [1.82, 2.24) is 9.97 Å². The summed E-state index contributed by atoms with van der Waals surface area (Å²) in [4.78, 5) is 9.11. The van der Waals surface area contributed by atoms with E-state index < -0.39 is 0 Å². The summed E-state index contributed by atoms with van der Waals surface area (Å²) in [7, 11) is 0. The Kier molecular flexibility index (Phi) is 6.20. The quantitative estimate of drug-likeness (QED) is 0.349. The van der Waals surface area contributed by atoms with E-state index >= 15 is 0 Å². The van der Waals surface area contributed by atoms with Gasteiger partial charge in [0.1, 0.15) is 17.5 Å². The molecule has 0 radical (unpaired) electrons. The predicted octanol–water partition coefficient (Wildman–Crippen LogP) is 2.57. The van der Waals surface area contributed by atoms with E-state index in [1.54, 1.807) is 0 Å². The number of hydrogen-bond donors (Lipinski definition) is 3. The largest absolute Gasteiger partial charge is 0.381 e. The molecule has 0 bridgehead atoms. The van der Waals surface area contributed by atoms with Crippen LogP contribution in [0, 0.1) is 6.92 Å². The molecule has 1 aliphatic carbocycles. The number of nitrogens with zero attached hydrogens (tertiary/aromatic N) is 2. The Morgan fingerprint density at radius 1 is 1.19 bits per heavy atom. The Morgan fingerprint density at radius 3 is 2.57 bits per heavy atom. The number of nitrogen functional groups attached to an aromatic ring is 1. The number of unbranched alkanes of at least 4 members (excludes halogenated alkanes) is 1. The molecule has 2 rings (SSSR count). The van der Waals surface area contributed by atoms with Crippen LogP contribution < -0.4 is 16.6 Å². The molecule has 0 spiro atoms. The number of aromatic nitrogens is 2. The van der Waals surface area contributed by atoms with Crippen LogP contribution >= 0.6 is 0 Å². The maximum Gasteiger partial charge on any atom is 0.148 e. The number of ether oxygens (including phenoxy) is 1. The van der Waals surface area contributed by atoms with Gasteiger partial charge in [0.2, 0.25) is 0 Å². The van der Waals surface area contributed by atoms with Gasteiger partial charge in [0.25, 0.3) is 0 Å². The highest BCUT2D eigenvalue weighted by molar-refractivity contribution is 5.57. The molecule has 1 aliphatic rings. The van der Waals surface area contributed by atoms with Gasteiger partial charge in [0.15, 0.2) is 0 Å². The molecule has 1 heterocycles. The van der Waals surface area contributed by atoms with Crippen molar-refractivity contribution >= 4 is 11.6 Å². The van der Waals surface area contributed by atoms with Crippen molar-refractivity contribution < 1.29 is 4.74 Å². The maximum atomic E-state index is 5.55. The predicted molar refractivity (Wildman–Crippen MR) is 85.4 cm³/mol. The molecule has 0 saturated heterocycles. The SMILES string of the molecule is CCCCOCCCNc1nc(C2CC2)nc(NN)c1C. The van der Waals surface area contributed by atoms with Gasteiger partial charge in [0.05, 0.1) is 0 Å². The van der Waals surface area contributed by atoms with Crippen LogP contribution in [0.4, 0.5) is 11.6 Å². The van der Waals surface area contributed by atoms with Gasteiger partial charge in [-0.15, -0.1) is 0 Å². The van der Waals surface area contributed by atoms with Gasteiger partial charge in [-0.05, 0) is 32.6 Å². The number of rotatable bonds is 10. The average molecular weight is 293 g/mol. The van der Waals surface area contributed by atoms with Gasteiger partial charge >= 0.3 is 0 Å². The van der Waals surface area contributed by atoms with Gasteiger partial charge in [-0.2, -0.15) is 0 Å². The second kappa shape index (κ2) is 8.14. The van der Waals surface area contributed by atoms with Crippen molar-refractivity contribution in [2.45, 2.75) is 51.9 Å². The molecule has 1 aromatic rings. The molecule has 0 aromatic carbocycles. The molecular formula is C15H27N5O. The molecule has 118 valence electrons. The third-order valence-corrected chi connectivity index (χ3v) is 3.64. The van der Waals surface area contributed by atoms with Gasteiger partial charge in [-0.25, -0.2) is 15.8 Å². The standard InChI is InChI=1S/C15H27N5O/c1-3-4-9-21-10-5-8-17-13-11(2)14(20-16)19-15(18-13)12-6-7-12/h12H,3-10,16H2,1-2H3,(H2,17,18,19,20). The first-order valence-electron chi connectivity index (χ1n) is 7.93. The van der Waals surface area contributed by atoms with Crippen LogP contribution in [0.3, 0.4) is 0 Å². The summed E-state index contributed by atoms with van der Waals surface area (Å²) in [5.74, 6) is 8.55. The highest BCUT2D eigenvalue weighted by Crippen LogP contribution is 2.39. The van der Waals surface area contributed by atoms with E-state index in [1.165, 1.54) is 19.3 Å². The second-order valence-corrected chi connectivity index (χ2v) is 5.57. The summed E-state index contributed by atoms with van der Waals surface area (Å²) < 4.78 is 5.55. The summed E-state index contributed by atoms with van der Waals surface area (Å²) in [5.41, 5.74) is 3.63. The van der Waals surface area contributed by atoms with Gasteiger partial charge in [0, 0.05) is 31.2 Å². The van der Waals surface area contributed by atoms with Crippen molar-refractivity contribution in [3.63, 3.8) is 0 Å². The highest BCUT2D eigenvalue weighted by Gasteiger charge is 2.28. The summed E-state index contributed by atoms with van der Waals surface area (Å²) >= 11 is 0. The molecule has 0 atom stereocenters. The molecule has 6 heteroatoms. The van der Waals surface area contributed by atoms with Gasteiger partial charge < -0.3 is 15.5 Å². The zero-order chi connectivity index (χ0) is 15.1. The van der Waals surface area contributed by atoms with Crippen LogP contribution in [0.15, 0.2) is 0 Å². The molecule has 1 saturated carbocycles. The summed E-state index contributed by atoms with van der Waals surface area (Å²) in [5, 5.41) is 3.37. The first kappa shape index (κ1) is 16.0. The summed E-state index contributed by atoms with van der Waals surface area (Å²) in [6.45, 7) is 6.64. The third kappa shape index (κ3) is 4.82. The zero-order valence-electron chi connectivity index (χ0n) is 13.1. The molecule has 1 aromatic heterocycles. The Labute approximate surface area is 126 Å². The maximum absolute atomic E-state index is 5.55. The third-order valence-electron chi connectivity index (χ3n) is 3.64. The second-order valence-electron chi connectivity index (χ2n) is 5.57. The molecule has 0 amide bonds. The first-order chi connectivity index (χ1) is 10.3. The van der Waals surface area contributed by atoms with Crippen LogP contribution in [0.2, 0.25) is 0 Å². The molecule has 4 N–H and O–H groups in total. The molecule has 6 nitrogen and oxygen atoms in total. The zero-order valence-corrected chi connectivity index (χ0v) is 13.1.